The van der Waals surface area contributed by atoms with Gasteiger partial charge in [0.25, 0.3) is 0 Å². The van der Waals surface area contributed by atoms with Crippen LogP contribution in [0.1, 0.15) is 50.7 Å². The van der Waals surface area contributed by atoms with Crippen molar-refractivity contribution in [2.45, 2.75) is 61.2 Å². The van der Waals surface area contributed by atoms with E-state index < -0.39 is 11.9 Å². The van der Waals surface area contributed by atoms with E-state index in [1.165, 1.54) is 25.7 Å². The Balaban J connectivity index is 0.000000262. The van der Waals surface area contributed by atoms with Crippen molar-refractivity contribution in [2.24, 2.45) is 0 Å². The van der Waals surface area contributed by atoms with E-state index in [0.717, 1.165) is 0 Å². The minimum atomic E-state index is -0.889. The predicted molar refractivity (Wildman–Crippen MR) is 200 cm³/mol. The second kappa shape index (κ2) is 22.9. The molecule has 0 heterocycles. The topological polar surface area (TPSA) is 98.7 Å². The fraction of sp³-hybridized carbons (Fsp3) is 0.278. The Morgan fingerprint density at radius 1 is 0.574 bits per heavy atom. The van der Waals surface area contributed by atoms with Crippen LogP contribution in [-0.4, -0.2) is 43.3 Å². The number of carbonyl (C=O) groups is 2. The minimum Gasteiger partial charge on any atom is -0.481 e. The van der Waals surface area contributed by atoms with Gasteiger partial charge in [-0.3, -0.25) is 9.59 Å². The summed E-state index contributed by atoms with van der Waals surface area (Å²) in [7, 11) is 0. The van der Waals surface area contributed by atoms with Crippen LogP contribution in [0, 0.1) is 0 Å². The van der Waals surface area contributed by atoms with Crippen LogP contribution >= 0.6 is 46.4 Å². The summed E-state index contributed by atoms with van der Waals surface area (Å²) in [5.74, 6) is -1.78. The summed E-state index contributed by atoms with van der Waals surface area (Å²) in [6.07, 6.45) is 5.71. The smallest absolute Gasteiger partial charge is 0.307 e. The first-order valence-corrected chi connectivity index (χ1v) is 20.8. The van der Waals surface area contributed by atoms with Gasteiger partial charge in [-0.1, -0.05) is 94.9 Å². The summed E-state index contributed by atoms with van der Waals surface area (Å²) in [5.41, 5.74) is 3.85. The first-order chi connectivity index (χ1) is 22.6. The van der Waals surface area contributed by atoms with Gasteiger partial charge in [0, 0.05) is 11.4 Å². The maximum atomic E-state index is 10.8. The summed E-state index contributed by atoms with van der Waals surface area (Å²) in [6.45, 7) is 4.58. The number of benzene rings is 4. The van der Waals surface area contributed by atoms with Gasteiger partial charge in [0.2, 0.25) is 0 Å². The molecule has 0 bridgehead atoms. The summed E-state index contributed by atoms with van der Waals surface area (Å²) in [5, 5.41) is 25.9. The molecule has 0 aliphatic carbocycles. The van der Waals surface area contributed by atoms with Crippen molar-refractivity contribution < 1.29 is 19.8 Å². The van der Waals surface area contributed by atoms with Crippen molar-refractivity contribution in [1.29, 1.82) is 0 Å². The van der Waals surface area contributed by atoms with Gasteiger partial charge in [-0.25, -0.2) is 0 Å². The predicted octanol–water partition coefficient (Wildman–Crippen LogP) is 11.9. The van der Waals surface area contributed by atoms with Crippen LogP contribution in [0.2, 0.25) is 29.0 Å². The number of carboxylic acid groups (broad SMARTS) is 2. The molecule has 0 aromatic heterocycles. The first kappa shape index (κ1) is 40.6. The molecule has 4 rings (SSSR count). The molecular formula is C36H40Cl4N2O4Sn. The molecule has 0 saturated heterocycles. The number of hydrogen-bond acceptors (Lipinski definition) is 4. The van der Waals surface area contributed by atoms with Crippen LogP contribution in [0.3, 0.4) is 0 Å². The third kappa shape index (κ3) is 15.4. The van der Waals surface area contributed by atoms with Gasteiger partial charge in [-0.2, -0.15) is 0 Å². The van der Waals surface area contributed by atoms with Crippen LogP contribution in [0.5, 0.6) is 0 Å². The van der Waals surface area contributed by atoms with Crippen molar-refractivity contribution in [3.8, 4) is 0 Å². The van der Waals surface area contributed by atoms with E-state index in [4.69, 9.17) is 56.6 Å². The van der Waals surface area contributed by atoms with Crippen molar-refractivity contribution in [3.63, 3.8) is 0 Å². The fourth-order valence-electron chi connectivity index (χ4n) is 4.15. The summed E-state index contributed by atoms with van der Waals surface area (Å²) in [4.78, 5) is 21.7. The van der Waals surface area contributed by atoms with E-state index in [-0.39, 0.29) is 34.0 Å². The van der Waals surface area contributed by atoms with Crippen molar-refractivity contribution in [3.05, 3.63) is 116 Å². The van der Waals surface area contributed by atoms with Crippen molar-refractivity contribution in [2.75, 3.05) is 10.6 Å². The SMILES string of the molecule is CCC[CH2][Sn][CH2]CCC.O=C(O)Cc1ccccc1Nc1c(Cl)cccc1Cl.O=C(O)Cc1ccccc1Nc1c(Cl)cccc1Cl. The van der Waals surface area contributed by atoms with Crippen LogP contribution in [-0.2, 0) is 22.4 Å². The largest absolute Gasteiger partial charge is 0.481 e. The van der Waals surface area contributed by atoms with Gasteiger partial charge in [-0.05, 0) is 47.5 Å². The standard InChI is InChI=1S/2C14H11Cl2NO2.2C4H9.Sn/c2*15-10-5-3-6-11(16)14(10)17-12-7-2-1-4-9(12)8-13(18)19;2*1-3-4-2;/h2*1-7,17H,8H2,(H,18,19);2*1,3-4H2,2H3;. The molecule has 2 radical (unpaired) electrons. The van der Waals surface area contributed by atoms with Gasteiger partial charge in [-0.15, -0.1) is 0 Å². The molecule has 0 spiro atoms. The van der Waals surface area contributed by atoms with Gasteiger partial charge < -0.3 is 20.8 Å². The van der Waals surface area contributed by atoms with Crippen LogP contribution in [0.25, 0.3) is 0 Å². The number of hydrogen-bond donors (Lipinski definition) is 4. The van der Waals surface area contributed by atoms with Gasteiger partial charge >= 0.3 is 81.5 Å². The Kier molecular flexibility index (Phi) is 19.7. The Hall–Kier alpha value is -2.62. The molecule has 11 heteroatoms. The zero-order valence-electron chi connectivity index (χ0n) is 26.5. The second-order valence-electron chi connectivity index (χ2n) is 10.4. The third-order valence-corrected chi connectivity index (χ3v) is 11.9. The molecule has 4 aromatic carbocycles. The van der Waals surface area contributed by atoms with E-state index in [2.05, 4.69) is 24.5 Å². The average Bonchev–Trinajstić information content (AvgIpc) is 3.03. The van der Waals surface area contributed by atoms with Gasteiger partial charge in [0.1, 0.15) is 0 Å². The van der Waals surface area contributed by atoms with E-state index in [1.54, 1.807) is 81.7 Å². The molecule has 6 nitrogen and oxygen atoms in total. The van der Waals surface area contributed by atoms with E-state index >= 15 is 0 Å². The number of aliphatic carboxylic acids is 2. The number of halogens is 4. The van der Waals surface area contributed by atoms with Gasteiger partial charge in [0.15, 0.2) is 0 Å². The zero-order valence-corrected chi connectivity index (χ0v) is 32.3. The molecule has 0 saturated carbocycles. The van der Waals surface area contributed by atoms with Gasteiger partial charge in [0.05, 0.1) is 44.3 Å². The first-order valence-electron chi connectivity index (χ1n) is 15.3. The maximum absolute atomic E-state index is 10.8. The number of rotatable bonds is 14. The monoisotopic (exact) mass is 824 g/mol. The van der Waals surface area contributed by atoms with E-state index in [9.17, 15) is 9.59 Å². The maximum Gasteiger partial charge on any atom is 0.307 e. The molecule has 0 fully saturated rings. The van der Waals surface area contributed by atoms with Crippen molar-refractivity contribution in [1.82, 2.24) is 0 Å². The Bertz CT molecular complexity index is 1420. The second-order valence-corrected chi connectivity index (χ2v) is 16.3. The van der Waals surface area contributed by atoms with Crippen LogP contribution in [0.15, 0.2) is 84.9 Å². The molecule has 250 valence electrons. The Morgan fingerprint density at radius 2 is 0.915 bits per heavy atom. The number of unbranched alkanes of at least 4 members (excludes halogenated alkanes) is 2. The molecule has 0 atom stereocenters. The van der Waals surface area contributed by atoms with E-state index in [0.29, 0.717) is 54.0 Å². The zero-order chi connectivity index (χ0) is 34.6. The quantitative estimate of drug-likeness (QED) is 0.0747. The summed E-state index contributed by atoms with van der Waals surface area (Å²) >= 11 is 24.4. The Labute approximate surface area is 308 Å². The molecule has 4 N–H and O–H groups in total. The normalized spacial score (nSPS) is 10.2. The van der Waals surface area contributed by atoms with Crippen LogP contribution in [0.4, 0.5) is 22.7 Å². The summed E-state index contributed by atoms with van der Waals surface area (Å²) < 4.78 is 3.25. The minimum absolute atomic E-state index is 0.0642. The molecule has 4 aromatic rings. The van der Waals surface area contributed by atoms with Crippen molar-refractivity contribution >= 4 is 102 Å². The third-order valence-electron chi connectivity index (χ3n) is 6.58. The fourth-order valence-corrected chi connectivity index (χ4v) is 9.29. The Morgan fingerprint density at radius 3 is 1.23 bits per heavy atom. The van der Waals surface area contributed by atoms with E-state index in [1.807, 2.05) is 12.1 Å². The number of anilines is 4. The molecule has 0 aliphatic heterocycles. The molecular weight excluding hydrogens is 785 g/mol. The molecule has 0 unspecified atom stereocenters. The molecule has 0 aliphatic rings. The molecule has 47 heavy (non-hydrogen) atoms. The number of carboxylic acids is 2. The number of nitrogens with one attached hydrogen (secondary N) is 2. The molecule has 0 amide bonds. The summed E-state index contributed by atoms with van der Waals surface area (Å²) in [6, 6.07) is 24.7. The van der Waals surface area contributed by atoms with Crippen LogP contribution < -0.4 is 10.6 Å². The number of para-hydroxylation sites is 4. The average molecular weight is 825 g/mol.